The summed E-state index contributed by atoms with van der Waals surface area (Å²) in [6, 6.07) is 6.67. The molecule has 0 fully saturated rings. The third-order valence-electron chi connectivity index (χ3n) is 2.79. The van der Waals surface area contributed by atoms with Gasteiger partial charge >= 0.3 is 0 Å². The molecular formula is C13H14N4O3S. The molecule has 8 heteroatoms. The first-order valence-corrected chi connectivity index (χ1v) is 6.65. The number of carbonyl (C=O) groups excluding carboxylic acids is 1. The smallest absolute Gasteiger partial charge is 0.295 e. The molecule has 1 heterocycles. The first-order chi connectivity index (χ1) is 10.0. The molecule has 0 amide bonds. The van der Waals surface area contributed by atoms with Crippen molar-refractivity contribution >= 4 is 18.0 Å². The first-order valence-electron chi connectivity index (χ1n) is 6.24. The molecule has 1 aromatic heterocycles. The van der Waals surface area contributed by atoms with Crippen LogP contribution in [0.1, 0.15) is 23.0 Å². The normalized spacial score (nSPS) is 10.3. The zero-order valence-corrected chi connectivity index (χ0v) is 12.1. The molecule has 0 bridgehead atoms. The second-order valence-corrected chi connectivity index (χ2v) is 4.59. The fraction of sp³-hybridized carbons (Fsp3) is 0.231. The number of nitrogens with two attached hydrogens (primary N) is 1. The lowest BCUT2D eigenvalue weighted by Crippen LogP contribution is -2.33. The molecule has 2 aromatic rings. The van der Waals surface area contributed by atoms with Gasteiger partial charge in [-0.2, -0.15) is 9.77 Å². The number of aromatic nitrogens is 3. The maximum Gasteiger partial charge on any atom is 0.295 e. The van der Waals surface area contributed by atoms with E-state index in [1.54, 1.807) is 24.3 Å². The Labute approximate surface area is 125 Å². The second-order valence-electron chi connectivity index (χ2n) is 4.21. The van der Waals surface area contributed by atoms with Crippen LogP contribution in [0.4, 0.5) is 0 Å². The number of H-pyrrole nitrogens is 1. The quantitative estimate of drug-likeness (QED) is 0.482. The molecule has 0 aliphatic carbocycles. The summed E-state index contributed by atoms with van der Waals surface area (Å²) >= 11 is 4.77. The lowest BCUT2D eigenvalue weighted by atomic mass is 10.1. The Morgan fingerprint density at radius 2 is 2.10 bits per heavy atom. The van der Waals surface area contributed by atoms with Crippen LogP contribution >= 0.6 is 12.2 Å². The van der Waals surface area contributed by atoms with Gasteiger partial charge in [0, 0.05) is 5.56 Å². The van der Waals surface area contributed by atoms with Crippen LogP contribution in [0.2, 0.25) is 0 Å². The van der Waals surface area contributed by atoms with Crippen molar-refractivity contribution < 1.29 is 9.53 Å². The second kappa shape index (κ2) is 6.31. The van der Waals surface area contributed by atoms with Gasteiger partial charge in [-0.15, -0.1) is 0 Å². The maximum absolute atomic E-state index is 12.1. The number of Topliss-reactive ketones (excluding diaryl/α,β-unsaturated/α-hetero) is 1. The third-order valence-corrected chi connectivity index (χ3v) is 3.07. The zero-order chi connectivity index (χ0) is 15.4. The molecule has 3 N–H and O–H groups in total. The number of nitrogen functional groups attached to an aromatic ring is 1. The van der Waals surface area contributed by atoms with Crippen molar-refractivity contribution in [2.24, 2.45) is 0 Å². The number of hydrogen-bond acceptors (Lipinski definition) is 6. The van der Waals surface area contributed by atoms with E-state index in [1.807, 2.05) is 6.92 Å². The molecular weight excluding hydrogens is 292 g/mol. The summed E-state index contributed by atoms with van der Waals surface area (Å²) in [6.07, 6.45) is -0.157. The predicted molar refractivity (Wildman–Crippen MR) is 79.5 cm³/mol. The van der Waals surface area contributed by atoms with E-state index in [9.17, 15) is 9.59 Å². The van der Waals surface area contributed by atoms with Gasteiger partial charge in [0.05, 0.1) is 13.0 Å². The third kappa shape index (κ3) is 3.34. The van der Waals surface area contributed by atoms with Gasteiger partial charge in [0.1, 0.15) is 11.4 Å². The Morgan fingerprint density at radius 3 is 2.71 bits per heavy atom. The van der Waals surface area contributed by atoms with Gasteiger partial charge in [0.15, 0.2) is 5.78 Å². The molecule has 0 saturated carbocycles. The number of rotatable bonds is 5. The average Bonchev–Trinajstić information content (AvgIpc) is 2.49. The van der Waals surface area contributed by atoms with Gasteiger partial charge in [-0.3, -0.25) is 14.7 Å². The Morgan fingerprint density at radius 1 is 1.43 bits per heavy atom. The van der Waals surface area contributed by atoms with Gasteiger partial charge in [-0.1, -0.05) is 0 Å². The molecule has 0 spiro atoms. The van der Waals surface area contributed by atoms with Crippen molar-refractivity contribution in [2.75, 3.05) is 12.4 Å². The van der Waals surface area contributed by atoms with E-state index < -0.39 is 5.56 Å². The van der Waals surface area contributed by atoms with Crippen LogP contribution in [0.25, 0.3) is 0 Å². The molecule has 0 saturated heterocycles. The average molecular weight is 306 g/mol. The van der Waals surface area contributed by atoms with E-state index >= 15 is 0 Å². The van der Waals surface area contributed by atoms with Gasteiger partial charge in [-0.25, -0.2) is 0 Å². The molecule has 0 aliphatic rings. The zero-order valence-electron chi connectivity index (χ0n) is 11.3. The van der Waals surface area contributed by atoms with Crippen LogP contribution in [-0.4, -0.2) is 27.3 Å². The van der Waals surface area contributed by atoms with Crippen LogP contribution < -0.4 is 16.1 Å². The summed E-state index contributed by atoms with van der Waals surface area (Å²) in [5.74, 6) is 5.89. The topological polar surface area (TPSA) is 103 Å². The molecule has 0 unspecified atom stereocenters. The Bertz CT molecular complexity index is 764. The van der Waals surface area contributed by atoms with E-state index in [1.165, 1.54) is 0 Å². The van der Waals surface area contributed by atoms with Crippen LogP contribution in [0, 0.1) is 4.77 Å². The van der Waals surface area contributed by atoms with Crippen LogP contribution in [0.5, 0.6) is 5.75 Å². The summed E-state index contributed by atoms with van der Waals surface area (Å²) < 4.78 is 6.05. The largest absolute Gasteiger partial charge is 0.494 e. The highest BCUT2D eigenvalue weighted by atomic mass is 32.1. The highest BCUT2D eigenvalue weighted by Gasteiger charge is 2.13. The molecule has 2 rings (SSSR count). The summed E-state index contributed by atoms with van der Waals surface area (Å²) in [6.45, 7) is 2.43. The predicted octanol–water partition coefficient (Wildman–Crippen LogP) is 0.839. The number of nitrogens with zero attached hydrogens (tertiary/aromatic N) is 2. The molecule has 0 aliphatic heterocycles. The minimum absolute atomic E-state index is 0.00253. The van der Waals surface area contributed by atoms with Crippen molar-refractivity contribution in [1.82, 2.24) is 14.9 Å². The van der Waals surface area contributed by atoms with Gasteiger partial charge < -0.3 is 10.6 Å². The fourth-order valence-electron chi connectivity index (χ4n) is 1.72. The summed E-state index contributed by atoms with van der Waals surface area (Å²) in [4.78, 5) is 23.9. The van der Waals surface area contributed by atoms with Crippen molar-refractivity contribution in [3.63, 3.8) is 0 Å². The van der Waals surface area contributed by atoms with Crippen molar-refractivity contribution in [1.29, 1.82) is 0 Å². The van der Waals surface area contributed by atoms with Crippen molar-refractivity contribution in [2.45, 2.75) is 13.3 Å². The number of hydrogen-bond donors (Lipinski definition) is 2. The van der Waals surface area contributed by atoms with E-state index in [2.05, 4.69) is 10.2 Å². The summed E-state index contributed by atoms with van der Waals surface area (Å²) in [5, 5.41) is 6.19. The Kier molecular flexibility index (Phi) is 4.49. The highest BCUT2D eigenvalue weighted by molar-refractivity contribution is 7.71. The molecule has 0 atom stereocenters. The SMILES string of the molecule is CCOc1ccc(C(=O)Cc2n[nH]c(=S)n(N)c2=O)cc1. The molecule has 7 nitrogen and oxygen atoms in total. The summed E-state index contributed by atoms with van der Waals surface area (Å²) in [7, 11) is 0. The Hall–Kier alpha value is -2.48. The van der Waals surface area contributed by atoms with Gasteiger partial charge in [0.25, 0.3) is 5.56 Å². The minimum atomic E-state index is -0.585. The van der Waals surface area contributed by atoms with E-state index in [-0.39, 0.29) is 22.7 Å². The minimum Gasteiger partial charge on any atom is -0.494 e. The van der Waals surface area contributed by atoms with Crippen LogP contribution in [0.15, 0.2) is 29.1 Å². The lowest BCUT2D eigenvalue weighted by molar-refractivity contribution is 0.0991. The van der Waals surface area contributed by atoms with Crippen LogP contribution in [0.3, 0.4) is 0 Å². The van der Waals surface area contributed by atoms with Gasteiger partial charge in [0.2, 0.25) is 4.77 Å². The lowest BCUT2D eigenvalue weighted by Gasteiger charge is -2.05. The van der Waals surface area contributed by atoms with E-state index in [0.717, 1.165) is 4.68 Å². The van der Waals surface area contributed by atoms with Crippen molar-refractivity contribution in [3.8, 4) is 5.75 Å². The summed E-state index contributed by atoms with van der Waals surface area (Å²) in [5.41, 5.74) is -0.103. The number of carbonyl (C=O) groups is 1. The fourth-order valence-corrected chi connectivity index (χ4v) is 1.85. The van der Waals surface area contributed by atoms with E-state index in [0.29, 0.717) is 17.9 Å². The standard InChI is InChI=1S/C13H14N4O3S/c1-2-20-9-5-3-8(4-6-9)11(18)7-10-12(19)17(14)13(21)16-15-10/h3-6H,2,7,14H2,1H3,(H,16,21). The van der Waals surface area contributed by atoms with Crippen LogP contribution in [-0.2, 0) is 6.42 Å². The molecule has 1 aromatic carbocycles. The van der Waals surface area contributed by atoms with Gasteiger partial charge in [-0.05, 0) is 43.4 Å². The molecule has 0 radical (unpaired) electrons. The maximum atomic E-state index is 12.1. The number of aromatic amines is 1. The number of ether oxygens (including phenoxy) is 1. The Balaban J connectivity index is 2.20. The molecule has 21 heavy (non-hydrogen) atoms. The number of ketones is 1. The van der Waals surface area contributed by atoms with E-state index in [4.69, 9.17) is 22.8 Å². The monoisotopic (exact) mass is 306 g/mol. The first kappa shape index (κ1) is 14.9. The van der Waals surface area contributed by atoms with Crippen molar-refractivity contribution in [3.05, 3.63) is 50.6 Å². The number of benzene rings is 1. The highest BCUT2D eigenvalue weighted by Crippen LogP contribution is 2.13. The molecule has 110 valence electrons. The number of nitrogens with one attached hydrogen (secondary N) is 1.